The van der Waals surface area contributed by atoms with E-state index in [-0.39, 0.29) is 0 Å². The first-order valence-electron chi connectivity index (χ1n) is 5.96. The van der Waals surface area contributed by atoms with Crippen LogP contribution in [0.5, 0.6) is 5.88 Å². The molecule has 0 saturated carbocycles. The zero-order valence-electron chi connectivity index (χ0n) is 10.1. The van der Waals surface area contributed by atoms with Crippen molar-refractivity contribution < 1.29 is 9.47 Å². The lowest BCUT2D eigenvalue weighted by molar-refractivity contribution is 0.166. The Labute approximate surface area is 104 Å². The molecule has 18 heavy (non-hydrogen) atoms. The Kier molecular flexibility index (Phi) is 2.97. The number of hydrogen-bond donors (Lipinski definition) is 2. The van der Waals surface area contributed by atoms with Gasteiger partial charge in [0.2, 0.25) is 11.8 Å². The molecule has 2 aromatic rings. The van der Waals surface area contributed by atoms with E-state index in [0.29, 0.717) is 30.0 Å². The van der Waals surface area contributed by atoms with Crippen LogP contribution >= 0.6 is 0 Å². The van der Waals surface area contributed by atoms with E-state index >= 15 is 0 Å². The van der Waals surface area contributed by atoms with Crippen molar-refractivity contribution in [3.8, 4) is 5.88 Å². The monoisotopic (exact) mass is 249 g/mol. The molecule has 0 bridgehead atoms. The Morgan fingerprint density at radius 2 is 2.50 bits per heavy atom. The fourth-order valence-corrected chi connectivity index (χ4v) is 1.93. The van der Waals surface area contributed by atoms with Crippen molar-refractivity contribution in [3.63, 3.8) is 0 Å². The highest BCUT2D eigenvalue weighted by Crippen LogP contribution is 2.22. The number of hydrogen-bond acceptors (Lipinski definition) is 6. The number of rotatable bonds is 4. The summed E-state index contributed by atoms with van der Waals surface area (Å²) in [4.78, 5) is 15.6. The first kappa shape index (κ1) is 11.2. The van der Waals surface area contributed by atoms with Crippen LogP contribution in [-0.2, 0) is 4.74 Å². The van der Waals surface area contributed by atoms with Gasteiger partial charge in [0.25, 0.3) is 0 Å². The van der Waals surface area contributed by atoms with E-state index < -0.39 is 0 Å². The van der Waals surface area contributed by atoms with Gasteiger partial charge in [-0.15, -0.1) is 0 Å². The predicted molar refractivity (Wildman–Crippen MR) is 65.7 cm³/mol. The van der Waals surface area contributed by atoms with Crippen LogP contribution in [0.25, 0.3) is 11.2 Å². The maximum Gasteiger partial charge on any atom is 0.245 e. The van der Waals surface area contributed by atoms with Gasteiger partial charge in [0.15, 0.2) is 5.65 Å². The van der Waals surface area contributed by atoms with Gasteiger partial charge in [-0.1, -0.05) is 0 Å². The molecule has 0 radical (unpaired) electrons. The molecule has 3 heterocycles. The van der Waals surface area contributed by atoms with Crippen molar-refractivity contribution in [2.75, 3.05) is 32.2 Å². The summed E-state index contributed by atoms with van der Waals surface area (Å²) >= 11 is 0. The summed E-state index contributed by atoms with van der Waals surface area (Å²) in [6, 6.07) is 0. The number of ether oxygens (including phenoxy) is 2. The number of aromatic nitrogens is 4. The number of H-pyrrole nitrogens is 1. The van der Waals surface area contributed by atoms with Gasteiger partial charge < -0.3 is 19.8 Å². The van der Waals surface area contributed by atoms with Gasteiger partial charge in [-0.05, 0) is 6.42 Å². The molecule has 1 atom stereocenters. The maximum absolute atomic E-state index is 5.76. The first-order chi connectivity index (χ1) is 8.86. The third-order valence-corrected chi connectivity index (χ3v) is 2.96. The molecule has 0 aliphatic carbocycles. The zero-order chi connectivity index (χ0) is 12.4. The van der Waals surface area contributed by atoms with Crippen LogP contribution in [0.3, 0.4) is 0 Å². The van der Waals surface area contributed by atoms with Gasteiger partial charge in [-0.25, -0.2) is 4.98 Å². The van der Waals surface area contributed by atoms with Crippen molar-refractivity contribution in [1.29, 1.82) is 0 Å². The normalized spacial score (nSPS) is 19.3. The van der Waals surface area contributed by atoms with Crippen LogP contribution < -0.4 is 10.1 Å². The molecule has 0 amide bonds. The van der Waals surface area contributed by atoms with E-state index in [0.717, 1.165) is 25.2 Å². The topological polar surface area (TPSA) is 85.0 Å². The second-order valence-corrected chi connectivity index (χ2v) is 4.24. The smallest absolute Gasteiger partial charge is 0.245 e. The molecule has 0 aromatic carbocycles. The molecule has 1 fully saturated rings. The van der Waals surface area contributed by atoms with Crippen molar-refractivity contribution in [2.45, 2.75) is 6.42 Å². The highest BCUT2D eigenvalue weighted by molar-refractivity contribution is 5.76. The lowest BCUT2D eigenvalue weighted by atomic mass is 10.1. The molecular formula is C11H15N5O2. The minimum atomic E-state index is 0.441. The van der Waals surface area contributed by atoms with Gasteiger partial charge in [-0.3, -0.25) is 0 Å². The van der Waals surface area contributed by atoms with Crippen LogP contribution in [-0.4, -0.2) is 46.8 Å². The number of aromatic amines is 1. The third-order valence-electron chi connectivity index (χ3n) is 2.96. The molecule has 96 valence electrons. The molecule has 2 aromatic heterocycles. The number of nitrogens with one attached hydrogen (secondary N) is 2. The standard InChI is InChI=1S/C11H15N5O2/c1-12-11-15-9-8(13-6-14-9)10(16-11)18-5-7-2-3-17-4-7/h6-7H,2-5H2,1H3,(H2,12,13,14,15,16). The summed E-state index contributed by atoms with van der Waals surface area (Å²) < 4.78 is 11.1. The molecule has 1 saturated heterocycles. The van der Waals surface area contributed by atoms with E-state index in [1.165, 1.54) is 0 Å². The number of imidazole rings is 1. The molecule has 2 N–H and O–H groups in total. The molecule has 0 spiro atoms. The second kappa shape index (κ2) is 4.77. The van der Waals surface area contributed by atoms with Crippen LogP contribution in [0.15, 0.2) is 6.33 Å². The average molecular weight is 249 g/mol. The Bertz CT molecular complexity index is 535. The Morgan fingerprint density at radius 3 is 3.28 bits per heavy atom. The van der Waals surface area contributed by atoms with Gasteiger partial charge >= 0.3 is 0 Å². The summed E-state index contributed by atoms with van der Waals surface area (Å²) in [6.07, 6.45) is 2.63. The number of fused-ring (bicyclic) bond motifs is 1. The molecule has 3 rings (SSSR count). The lowest BCUT2D eigenvalue weighted by Gasteiger charge is -2.10. The molecule has 7 nitrogen and oxygen atoms in total. The molecule has 1 unspecified atom stereocenters. The van der Waals surface area contributed by atoms with Gasteiger partial charge in [-0.2, -0.15) is 9.97 Å². The van der Waals surface area contributed by atoms with E-state index in [9.17, 15) is 0 Å². The lowest BCUT2D eigenvalue weighted by Crippen LogP contribution is -2.13. The Morgan fingerprint density at radius 1 is 1.56 bits per heavy atom. The summed E-state index contributed by atoms with van der Waals surface area (Å²) in [6.45, 7) is 2.18. The summed E-state index contributed by atoms with van der Waals surface area (Å²) in [5, 5.41) is 2.90. The highest BCUT2D eigenvalue weighted by atomic mass is 16.5. The van der Waals surface area contributed by atoms with Gasteiger partial charge in [0.05, 0.1) is 19.5 Å². The fraction of sp³-hybridized carbons (Fsp3) is 0.545. The third kappa shape index (κ3) is 2.08. The highest BCUT2D eigenvalue weighted by Gasteiger charge is 2.18. The minimum absolute atomic E-state index is 0.441. The average Bonchev–Trinajstić information content (AvgIpc) is 3.06. The van der Waals surface area contributed by atoms with Gasteiger partial charge in [0.1, 0.15) is 5.52 Å². The van der Waals surface area contributed by atoms with E-state index in [4.69, 9.17) is 9.47 Å². The quantitative estimate of drug-likeness (QED) is 0.834. The molecule has 1 aliphatic heterocycles. The fourth-order valence-electron chi connectivity index (χ4n) is 1.93. The Balaban J connectivity index is 1.82. The molecule has 7 heteroatoms. The number of anilines is 1. The zero-order valence-corrected chi connectivity index (χ0v) is 10.1. The Hall–Kier alpha value is -1.89. The summed E-state index contributed by atoms with van der Waals surface area (Å²) in [5.41, 5.74) is 1.33. The van der Waals surface area contributed by atoms with E-state index in [1.54, 1.807) is 13.4 Å². The number of nitrogens with zero attached hydrogens (tertiary/aromatic N) is 3. The van der Waals surface area contributed by atoms with Crippen molar-refractivity contribution in [3.05, 3.63) is 6.33 Å². The maximum atomic E-state index is 5.76. The van der Waals surface area contributed by atoms with Crippen LogP contribution in [0.4, 0.5) is 5.95 Å². The van der Waals surface area contributed by atoms with E-state index in [1.807, 2.05) is 0 Å². The largest absolute Gasteiger partial charge is 0.476 e. The minimum Gasteiger partial charge on any atom is -0.476 e. The first-order valence-corrected chi connectivity index (χ1v) is 5.96. The van der Waals surface area contributed by atoms with Crippen molar-refractivity contribution in [2.24, 2.45) is 5.92 Å². The van der Waals surface area contributed by atoms with Crippen molar-refractivity contribution in [1.82, 2.24) is 19.9 Å². The molecular weight excluding hydrogens is 234 g/mol. The summed E-state index contributed by atoms with van der Waals surface area (Å²) in [7, 11) is 1.77. The van der Waals surface area contributed by atoms with Crippen LogP contribution in [0, 0.1) is 5.92 Å². The second-order valence-electron chi connectivity index (χ2n) is 4.24. The predicted octanol–water partition coefficient (Wildman–Crippen LogP) is 0.810. The SMILES string of the molecule is CNc1nc(OCC2CCOC2)c2[nH]cnc2n1. The summed E-state index contributed by atoms with van der Waals surface area (Å²) in [5.74, 6) is 1.48. The van der Waals surface area contributed by atoms with Crippen LogP contribution in [0.2, 0.25) is 0 Å². The van der Waals surface area contributed by atoms with Gasteiger partial charge in [0, 0.05) is 19.6 Å². The molecule has 1 aliphatic rings. The van der Waals surface area contributed by atoms with Crippen molar-refractivity contribution >= 4 is 17.1 Å². The van der Waals surface area contributed by atoms with Crippen LogP contribution in [0.1, 0.15) is 6.42 Å². The van der Waals surface area contributed by atoms with E-state index in [2.05, 4.69) is 25.3 Å².